The number of carbonyl (C=O) groups is 1. The molecule has 1 amide bonds. The lowest BCUT2D eigenvalue weighted by Crippen LogP contribution is -2.48. The highest BCUT2D eigenvalue weighted by Gasteiger charge is 2.26. The molecule has 0 aliphatic carbocycles. The van der Waals surface area contributed by atoms with Crippen molar-refractivity contribution in [1.29, 1.82) is 0 Å². The van der Waals surface area contributed by atoms with Gasteiger partial charge in [0.25, 0.3) is 5.91 Å². The number of anilines is 1. The Kier molecular flexibility index (Phi) is 5.19. The van der Waals surface area contributed by atoms with E-state index < -0.39 is 0 Å². The number of pyridine rings is 1. The van der Waals surface area contributed by atoms with Gasteiger partial charge in [-0.3, -0.25) is 9.78 Å². The molecule has 0 radical (unpaired) electrons. The van der Waals surface area contributed by atoms with Gasteiger partial charge in [-0.1, -0.05) is 48.5 Å². The molecule has 6 nitrogen and oxygen atoms in total. The zero-order chi connectivity index (χ0) is 21.0. The summed E-state index contributed by atoms with van der Waals surface area (Å²) in [6.07, 6.45) is 5.46. The molecule has 1 aliphatic heterocycles. The summed E-state index contributed by atoms with van der Waals surface area (Å²) in [5.41, 5.74) is 4.36. The highest BCUT2D eigenvalue weighted by atomic mass is 16.2. The van der Waals surface area contributed by atoms with E-state index in [1.165, 1.54) is 0 Å². The molecule has 0 unspecified atom stereocenters. The maximum absolute atomic E-state index is 13.5. The van der Waals surface area contributed by atoms with Gasteiger partial charge in [0.15, 0.2) is 0 Å². The van der Waals surface area contributed by atoms with E-state index in [0.29, 0.717) is 24.3 Å². The SMILES string of the molecule is O=C(c1cn(-c2ccccc2)nc1-c1ccccc1)N1CCN(c2ccncc2)CC1. The highest BCUT2D eigenvalue weighted by Crippen LogP contribution is 2.26. The Balaban J connectivity index is 1.42. The van der Waals surface area contributed by atoms with Crippen LogP contribution in [0.25, 0.3) is 16.9 Å². The number of nitrogens with zero attached hydrogens (tertiary/aromatic N) is 5. The number of para-hydroxylation sites is 1. The van der Waals surface area contributed by atoms with E-state index in [1.807, 2.05) is 83.9 Å². The van der Waals surface area contributed by atoms with E-state index in [-0.39, 0.29) is 5.91 Å². The van der Waals surface area contributed by atoms with E-state index in [0.717, 1.165) is 30.0 Å². The van der Waals surface area contributed by atoms with Crippen molar-refractivity contribution in [3.63, 3.8) is 0 Å². The van der Waals surface area contributed by atoms with Gasteiger partial charge in [0.1, 0.15) is 5.69 Å². The molecule has 0 bridgehead atoms. The van der Waals surface area contributed by atoms with E-state index >= 15 is 0 Å². The standard InChI is InChI=1S/C25H23N5O/c31-25(29-17-15-28(16-18-29)21-11-13-26-14-12-21)23-19-30(22-9-5-2-6-10-22)27-24(23)20-7-3-1-4-8-20/h1-14,19H,15-18H2. The summed E-state index contributed by atoms with van der Waals surface area (Å²) in [7, 11) is 0. The quantitative estimate of drug-likeness (QED) is 0.513. The van der Waals surface area contributed by atoms with Gasteiger partial charge in [-0.25, -0.2) is 4.68 Å². The van der Waals surface area contributed by atoms with Crippen LogP contribution in [0.15, 0.2) is 91.4 Å². The second-order valence-electron chi connectivity index (χ2n) is 7.52. The summed E-state index contributed by atoms with van der Waals surface area (Å²) in [4.78, 5) is 21.8. The number of hydrogen-bond donors (Lipinski definition) is 0. The predicted octanol–water partition coefficient (Wildman–Crippen LogP) is 3.90. The summed E-state index contributed by atoms with van der Waals surface area (Å²) >= 11 is 0. The van der Waals surface area contributed by atoms with Crippen LogP contribution in [0.4, 0.5) is 5.69 Å². The molecule has 1 fully saturated rings. The van der Waals surface area contributed by atoms with Crippen LogP contribution >= 0.6 is 0 Å². The minimum Gasteiger partial charge on any atom is -0.368 e. The monoisotopic (exact) mass is 409 g/mol. The summed E-state index contributed by atoms with van der Waals surface area (Å²) < 4.78 is 1.79. The highest BCUT2D eigenvalue weighted by molar-refractivity contribution is 6.00. The molecule has 4 aromatic rings. The fourth-order valence-corrected chi connectivity index (χ4v) is 3.95. The average Bonchev–Trinajstić information content (AvgIpc) is 3.31. The molecule has 0 spiro atoms. The zero-order valence-electron chi connectivity index (χ0n) is 17.1. The predicted molar refractivity (Wildman–Crippen MR) is 121 cm³/mol. The van der Waals surface area contributed by atoms with Crippen molar-refractivity contribution >= 4 is 11.6 Å². The number of hydrogen-bond acceptors (Lipinski definition) is 4. The van der Waals surface area contributed by atoms with Gasteiger partial charge in [-0.05, 0) is 24.3 Å². The van der Waals surface area contributed by atoms with Crippen LogP contribution in [0.1, 0.15) is 10.4 Å². The van der Waals surface area contributed by atoms with Crippen LogP contribution in [0, 0.1) is 0 Å². The van der Waals surface area contributed by atoms with Gasteiger partial charge >= 0.3 is 0 Å². The van der Waals surface area contributed by atoms with Crippen LogP contribution in [-0.2, 0) is 0 Å². The second-order valence-corrected chi connectivity index (χ2v) is 7.52. The van der Waals surface area contributed by atoms with Crippen LogP contribution in [0.2, 0.25) is 0 Å². The molecule has 1 aliphatic rings. The largest absolute Gasteiger partial charge is 0.368 e. The molecule has 6 heteroatoms. The van der Waals surface area contributed by atoms with Crippen LogP contribution < -0.4 is 4.90 Å². The first-order chi connectivity index (χ1) is 15.3. The van der Waals surface area contributed by atoms with E-state index in [2.05, 4.69) is 9.88 Å². The number of piperazine rings is 1. The number of carbonyl (C=O) groups excluding carboxylic acids is 1. The first-order valence-electron chi connectivity index (χ1n) is 10.4. The van der Waals surface area contributed by atoms with Crippen molar-refractivity contribution in [3.8, 4) is 16.9 Å². The maximum atomic E-state index is 13.5. The third-order valence-corrected chi connectivity index (χ3v) is 5.61. The lowest BCUT2D eigenvalue weighted by molar-refractivity contribution is 0.0747. The van der Waals surface area contributed by atoms with Gasteiger partial charge < -0.3 is 9.80 Å². The Bertz CT molecular complexity index is 1150. The van der Waals surface area contributed by atoms with Gasteiger partial charge in [0.05, 0.1) is 11.3 Å². The van der Waals surface area contributed by atoms with Gasteiger partial charge in [0, 0.05) is 56.0 Å². The average molecular weight is 409 g/mol. The fraction of sp³-hybridized carbons (Fsp3) is 0.160. The first-order valence-corrected chi connectivity index (χ1v) is 10.4. The Labute approximate surface area is 181 Å². The molecule has 154 valence electrons. The fourth-order valence-electron chi connectivity index (χ4n) is 3.95. The van der Waals surface area contributed by atoms with Crippen LogP contribution in [-0.4, -0.2) is 51.8 Å². The zero-order valence-corrected chi connectivity index (χ0v) is 17.1. The topological polar surface area (TPSA) is 54.3 Å². The van der Waals surface area contributed by atoms with E-state index in [4.69, 9.17) is 5.10 Å². The summed E-state index contributed by atoms with van der Waals surface area (Å²) in [5, 5.41) is 4.78. The molecule has 0 atom stereocenters. The molecule has 2 aromatic carbocycles. The third kappa shape index (κ3) is 3.92. The lowest BCUT2D eigenvalue weighted by atomic mass is 10.1. The van der Waals surface area contributed by atoms with Crippen LogP contribution in [0.3, 0.4) is 0 Å². The first kappa shape index (κ1) is 19.1. The minimum atomic E-state index is 0.0235. The Hall–Kier alpha value is -3.93. The summed E-state index contributed by atoms with van der Waals surface area (Å²) in [5.74, 6) is 0.0235. The number of rotatable bonds is 4. The molecule has 3 heterocycles. The van der Waals surface area contributed by atoms with Crippen molar-refractivity contribution in [1.82, 2.24) is 19.7 Å². The molecule has 0 saturated carbocycles. The molecule has 1 saturated heterocycles. The smallest absolute Gasteiger partial charge is 0.257 e. The number of aromatic nitrogens is 3. The normalized spacial score (nSPS) is 13.9. The summed E-state index contributed by atoms with van der Waals surface area (Å²) in [6.45, 7) is 2.93. The Morgan fingerprint density at radius 2 is 1.39 bits per heavy atom. The minimum absolute atomic E-state index is 0.0235. The van der Waals surface area contributed by atoms with Crippen LogP contribution in [0.5, 0.6) is 0 Å². The molecule has 2 aromatic heterocycles. The molecule has 0 N–H and O–H groups in total. The van der Waals surface area contributed by atoms with E-state index in [1.54, 1.807) is 17.1 Å². The summed E-state index contributed by atoms with van der Waals surface area (Å²) in [6, 6.07) is 23.8. The van der Waals surface area contributed by atoms with Gasteiger partial charge in [0.2, 0.25) is 0 Å². The molecule has 5 rings (SSSR count). The maximum Gasteiger partial charge on any atom is 0.257 e. The van der Waals surface area contributed by atoms with Crippen molar-refractivity contribution in [3.05, 3.63) is 97.0 Å². The van der Waals surface area contributed by atoms with Crippen molar-refractivity contribution in [2.75, 3.05) is 31.1 Å². The third-order valence-electron chi connectivity index (χ3n) is 5.61. The van der Waals surface area contributed by atoms with Gasteiger partial charge in [-0.2, -0.15) is 5.10 Å². The Morgan fingerprint density at radius 3 is 2.06 bits per heavy atom. The molecule has 31 heavy (non-hydrogen) atoms. The Morgan fingerprint density at radius 1 is 0.742 bits per heavy atom. The van der Waals surface area contributed by atoms with Crippen molar-refractivity contribution in [2.24, 2.45) is 0 Å². The number of benzene rings is 2. The second kappa shape index (κ2) is 8.44. The van der Waals surface area contributed by atoms with E-state index in [9.17, 15) is 4.79 Å². The molecular formula is C25H23N5O. The molecular weight excluding hydrogens is 386 g/mol. The lowest BCUT2D eigenvalue weighted by Gasteiger charge is -2.36. The van der Waals surface area contributed by atoms with Crippen molar-refractivity contribution < 1.29 is 4.79 Å². The van der Waals surface area contributed by atoms with Gasteiger partial charge in [-0.15, -0.1) is 0 Å². The number of amides is 1. The van der Waals surface area contributed by atoms with Crippen molar-refractivity contribution in [2.45, 2.75) is 0 Å².